The zero-order valence-electron chi connectivity index (χ0n) is 11.7. The lowest BCUT2D eigenvalue weighted by molar-refractivity contribution is 0.0469. The number of carbonyl (C=O) groups excluding carboxylic acids is 1. The molecule has 0 aliphatic carbocycles. The number of fused-ring (bicyclic) bond motifs is 1. The van der Waals surface area contributed by atoms with Crippen LogP contribution in [0.3, 0.4) is 0 Å². The van der Waals surface area contributed by atoms with Crippen molar-refractivity contribution in [3.8, 4) is 0 Å². The van der Waals surface area contributed by atoms with Crippen LogP contribution in [0.1, 0.15) is 37.2 Å². The van der Waals surface area contributed by atoms with Gasteiger partial charge in [-0.05, 0) is 31.5 Å². The van der Waals surface area contributed by atoms with E-state index in [1.165, 1.54) is 0 Å². The maximum absolute atomic E-state index is 12.1. The summed E-state index contributed by atoms with van der Waals surface area (Å²) < 4.78 is 0. The van der Waals surface area contributed by atoms with Crippen molar-refractivity contribution >= 4 is 22.5 Å². The molecule has 2 rings (SSSR count). The van der Waals surface area contributed by atoms with Crippen LogP contribution in [-0.4, -0.2) is 33.4 Å². The number of hydrogen-bond donors (Lipinski definition) is 4. The highest BCUT2D eigenvalue weighted by Gasteiger charge is 2.22. The summed E-state index contributed by atoms with van der Waals surface area (Å²) in [5.41, 5.74) is 6.43. The molecule has 1 aromatic heterocycles. The third-order valence-electron chi connectivity index (χ3n) is 3.22. The fourth-order valence-electron chi connectivity index (χ4n) is 2.19. The predicted molar refractivity (Wildman–Crippen MR) is 78.4 cm³/mol. The first kappa shape index (κ1) is 14.3. The Kier molecular flexibility index (Phi) is 3.94. The summed E-state index contributed by atoms with van der Waals surface area (Å²) >= 11 is 0. The Labute approximate surface area is 117 Å². The van der Waals surface area contributed by atoms with Gasteiger partial charge >= 0.3 is 0 Å². The van der Waals surface area contributed by atoms with Gasteiger partial charge in [0.25, 0.3) is 5.91 Å². The highest BCUT2D eigenvalue weighted by Crippen LogP contribution is 2.19. The molecule has 0 aliphatic heterocycles. The molecule has 0 spiro atoms. The van der Waals surface area contributed by atoms with Crippen molar-refractivity contribution in [1.29, 1.82) is 0 Å². The van der Waals surface area contributed by atoms with Crippen LogP contribution >= 0.6 is 0 Å². The second-order valence-electron chi connectivity index (χ2n) is 5.31. The highest BCUT2D eigenvalue weighted by atomic mass is 16.3. The molecule has 0 saturated heterocycles. The number of amides is 1. The van der Waals surface area contributed by atoms with Crippen LogP contribution in [-0.2, 0) is 0 Å². The number of nitrogens with two attached hydrogens (primary N) is 1. The van der Waals surface area contributed by atoms with Gasteiger partial charge in [0.1, 0.15) is 0 Å². The van der Waals surface area contributed by atoms with Gasteiger partial charge in [0, 0.05) is 17.6 Å². The molecule has 2 aromatic rings. The molecule has 6 heteroatoms. The topological polar surface area (TPSA) is 104 Å². The molecule has 6 nitrogen and oxygen atoms in total. The van der Waals surface area contributed by atoms with Crippen LogP contribution in [0.25, 0.3) is 10.9 Å². The molecule has 1 aromatic carbocycles. The third kappa shape index (κ3) is 3.08. The van der Waals surface area contributed by atoms with Crippen molar-refractivity contribution in [1.82, 2.24) is 15.5 Å². The number of aromatic amines is 1. The summed E-state index contributed by atoms with van der Waals surface area (Å²) in [6.07, 6.45) is 1.48. The van der Waals surface area contributed by atoms with Crippen molar-refractivity contribution in [2.24, 2.45) is 0 Å². The van der Waals surface area contributed by atoms with Crippen LogP contribution < -0.4 is 11.1 Å². The number of benzene rings is 1. The Bertz CT molecular complexity index is 619. The lowest BCUT2D eigenvalue weighted by Gasteiger charge is -2.22. The van der Waals surface area contributed by atoms with Crippen LogP contribution in [0.15, 0.2) is 18.2 Å². The fraction of sp³-hybridized carbons (Fsp3) is 0.429. The van der Waals surface area contributed by atoms with E-state index in [2.05, 4.69) is 15.5 Å². The molecule has 20 heavy (non-hydrogen) atoms. The van der Waals surface area contributed by atoms with Crippen molar-refractivity contribution in [2.75, 3.05) is 12.3 Å². The van der Waals surface area contributed by atoms with E-state index in [4.69, 9.17) is 5.73 Å². The minimum atomic E-state index is -0.907. The zero-order chi connectivity index (χ0) is 14.8. The largest absolute Gasteiger partial charge is 0.399 e. The zero-order valence-corrected chi connectivity index (χ0v) is 11.7. The van der Waals surface area contributed by atoms with Gasteiger partial charge in [-0.3, -0.25) is 9.89 Å². The molecule has 1 atom stereocenters. The van der Waals surface area contributed by atoms with Gasteiger partial charge in [0.2, 0.25) is 0 Å². The van der Waals surface area contributed by atoms with Gasteiger partial charge < -0.3 is 16.2 Å². The number of aliphatic hydroxyl groups is 1. The number of rotatable bonds is 5. The van der Waals surface area contributed by atoms with E-state index in [-0.39, 0.29) is 12.5 Å². The van der Waals surface area contributed by atoms with Crippen LogP contribution in [0.5, 0.6) is 0 Å². The quantitative estimate of drug-likeness (QED) is 0.620. The highest BCUT2D eigenvalue weighted by molar-refractivity contribution is 6.05. The van der Waals surface area contributed by atoms with Crippen LogP contribution in [0.4, 0.5) is 5.69 Å². The van der Waals surface area contributed by atoms with E-state index in [0.717, 1.165) is 11.9 Å². The average Bonchev–Trinajstić information content (AvgIpc) is 2.79. The molecule has 0 aliphatic rings. The fourth-order valence-corrected chi connectivity index (χ4v) is 2.19. The lowest BCUT2D eigenvalue weighted by Crippen LogP contribution is -2.40. The molecule has 5 N–H and O–H groups in total. The predicted octanol–water partition coefficient (Wildman–Crippen LogP) is 1.43. The number of aromatic nitrogens is 2. The first-order valence-corrected chi connectivity index (χ1v) is 6.67. The SMILES string of the molecule is CCCC(C)(O)CNC(=O)c1n[nH]c2ccc(N)cc12. The molecule has 0 fully saturated rings. The maximum atomic E-state index is 12.1. The number of nitrogens with one attached hydrogen (secondary N) is 2. The van der Waals surface area contributed by atoms with Crippen LogP contribution in [0.2, 0.25) is 0 Å². The van der Waals surface area contributed by atoms with E-state index in [1.54, 1.807) is 25.1 Å². The number of H-pyrrole nitrogens is 1. The number of hydrogen-bond acceptors (Lipinski definition) is 4. The first-order chi connectivity index (χ1) is 9.43. The minimum Gasteiger partial charge on any atom is -0.399 e. The molecule has 0 bridgehead atoms. The monoisotopic (exact) mass is 276 g/mol. The maximum Gasteiger partial charge on any atom is 0.272 e. The Balaban J connectivity index is 2.14. The molecule has 108 valence electrons. The smallest absolute Gasteiger partial charge is 0.272 e. The second kappa shape index (κ2) is 5.50. The summed E-state index contributed by atoms with van der Waals surface area (Å²) in [6, 6.07) is 5.23. The van der Waals surface area contributed by atoms with Gasteiger partial charge in [-0.15, -0.1) is 0 Å². The van der Waals surface area contributed by atoms with E-state index in [1.807, 2.05) is 6.92 Å². The van der Waals surface area contributed by atoms with Gasteiger partial charge in [-0.1, -0.05) is 13.3 Å². The minimum absolute atomic E-state index is 0.191. The summed E-state index contributed by atoms with van der Waals surface area (Å²) in [5.74, 6) is -0.321. The van der Waals surface area contributed by atoms with E-state index < -0.39 is 5.60 Å². The Morgan fingerprint density at radius 2 is 2.30 bits per heavy atom. The van der Waals surface area contributed by atoms with Crippen molar-refractivity contribution in [3.05, 3.63) is 23.9 Å². The normalized spacial score (nSPS) is 14.2. The summed E-state index contributed by atoms with van der Waals surface area (Å²) in [5, 5.41) is 20.2. The van der Waals surface area contributed by atoms with Crippen LogP contribution in [0, 0.1) is 0 Å². The first-order valence-electron chi connectivity index (χ1n) is 6.67. The molecule has 1 heterocycles. The number of nitrogens with zero attached hydrogens (tertiary/aromatic N) is 1. The molecule has 1 unspecified atom stereocenters. The molecule has 0 saturated carbocycles. The molecular formula is C14H20N4O2. The summed E-state index contributed by atoms with van der Waals surface area (Å²) in [7, 11) is 0. The van der Waals surface area contributed by atoms with Gasteiger partial charge in [0.05, 0.1) is 11.1 Å². The Hall–Kier alpha value is -2.08. The van der Waals surface area contributed by atoms with Crippen molar-refractivity contribution in [2.45, 2.75) is 32.3 Å². The Morgan fingerprint density at radius 1 is 1.55 bits per heavy atom. The molecule has 0 radical (unpaired) electrons. The van der Waals surface area contributed by atoms with Crippen molar-refractivity contribution in [3.63, 3.8) is 0 Å². The van der Waals surface area contributed by atoms with Gasteiger partial charge in [-0.2, -0.15) is 5.10 Å². The van der Waals surface area contributed by atoms with Crippen molar-refractivity contribution < 1.29 is 9.90 Å². The summed E-state index contributed by atoms with van der Waals surface area (Å²) in [4.78, 5) is 12.1. The standard InChI is InChI=1S/C14H20N4O2/c1-3-6-14(2,20)8-16-13(19)12-10-7-9(15)4-5-11(10)17-18-12/h4-5,7,20H,3,6,8,15H2,1-2H3,(H,16,19)(H,17,18). The van der Waals surface area contributed by atoms with E-state index in [9.17, 15) is 9.90 Å². The second-order valence-corrected chi connectivity index (χ2v) is 5.31. The lowest BCUT2D eigenvalue weighted by atomic mass is 10.0. The molecule has 1 amide bonds. The summed E-state index contributed by atoms with van der Waals surface area (Å²) in [6.45, 7) is 3.88. The van der Waals surface area contributed by atoms with Gasteiger partial charge in [-0.25, -0.2) is 0 Å². The number of carbonyl (C=O) groups is 1. The van der Waals surface area contributed by atoms with E-state index in [0.29, 0.717) is 23.2 Å². The number of anilines is 1. The molecular weight excluding hydrogens is 256 g/mol. The third-order valence-corrected chi connectivity index (χ3v) is 3.22. The van der Waals surface area contributed by atoms with E-state index >= 15 is 0 Å². The number of nitrogen functional groups attached to an aromatic ring is 1. The van der Waals surface area contributed by atoms with Gasteiger partial charge in [0.15, 0.2) is 5.69 Å². The average molecular weight is 276 g/mol. The Morgan fingerprint density at radius 3 is 3.00 bits per heavy atom.